The molecule has 0 atom stereocenters. The summed E-state index contributed by atoms with van der Waals surface area (Å²) in [5.74, 6) is -0.0904. The Morgan fingerprint density at radius 3 is 2.45 bits per heavy atom. The average Bonchev–Trinajstić information content (AvgIpc) is 2.43. The quantitative estimate of drug-likeness (QED) is 0.628. The third kappa shape index (κ3) is 3.86. The molecule has 0 fully saturated rings. The lowest BCUT2D eigenvalue weighted by Crippen LogP contribution is -1.96. The number of carbonyl (C=O) groups excluding carboxylic acids is 1. The number of benzene rings is 2. The Hall–Kier alpha value is -1.77. The van der Waals surface area contributed by atoms with Gasteiger partial charge in [-0.1, -0.05) is 29.3 Å². The molecule has 0 saturated heterocycles. The summed E-state index contributed by atoms with van der Waals surface area (Å²) in [6.45, 7) is 1.94. The summed E-state index contributed by atoms with van der Waals surface area (Å²) in [4.78, 5) is 11.9. The van der Waals surface area contributed by atoms with Gasteiger partial charge in [-0.3, -0.25) is 4.79 Å². The first kappa shape index (κ1) is 14.6. The second-order valence-electron chi connectivity index (χ2n) is 4.31. The van der Waals surface area contributed by atoms with E-state index >= 15 is 0 Å². The first-order valence-corrected chi connectivity index (χ1v) is 6.81. The van der Waals surface area contributed by atoms with Crippen LogP contribution in [-0.4, -0.2) is 5.78 Å². The zero-order chi connectivity index (χ0) is 14.5. The topological polar surface area (TPSA) is 29.1 Å². The molecule has 0 aromatic heterocycles. The van der Waals surface area contributed by atoms with Crippen LogP contribution in [0.15, 0.2) is 54.7 Å². The molecular weight excluding hydrogens is 293 g/mol. The Morgan fingerprint density at radius 1 is 1.10 bits per heavy atom. The maximum Gasteiger partial charge on any atom is 0.187 e. The SMILES string of the molecule is Cc1ccc(N/C=C\C(=O)c2ccc(Cl)cc2)cc1Cl. The van der Waals surface area contributed by atoms with Crippen molar-refractivity contribution in [1.82, 2.24) is 0 Å². The summed E-state index contributed by atoms with van der Waals surface area (Å²) >= 11 is 11.8. The van der Waals surface area contributed by atoms with Crippen LogP contribution in [0.4, 0.5) is 5.69 Å². The molecule has 0 aliphatic heterocycles. The molecule has 0 unspecified atom stereocenters. The van der Waals surface area contributed by atoms with Gasteiger partial charge in [0.05, 0.1) is 0 Å². The van der Waals surface area contributed by atoms with Gasteiger partial charge in [-0.2, -0.15) is 0 Å². The minimum Gasteiger partial charge on any atom is -0.362 e. The predicted octanol–water partition coefficient (Wildman–Crippen LogP) is 5.11. The Balaban J connectivity index is 2.00. The summed E-state index contributed by atoms with van der Waals surface area (Å²) in [5, 5.41) is 4.31. The fraction of sp³-hybridized carbons (Fsp3) is 0.0625. The van der Waals surface area contributed by atoms with Crippen LogP contribution in [0.5, 0.6) is 0 Å². The molecule has 0 spiro atoms. The van der Waals surface area contributed by atoms with Crippen molar-refractivity contribution < 1.29 is 4.79 Å². The molecule has 2 aromatic rings. The van der Waals surface area contributed by atoms with Crippen molar-refractivity contribution in [3.8, 4) is 0 Å². The second kappa shape index (κ2) is 6.60. The maximum absolute atomic E-state index is 11.9. The lowest BCUT2D eigenvalue weighted by Gasteiger charge is -2.03. The molecule has 20 heavy (non-hydrogen) atoms. The van der Waals surface area contributed by atoms with Gasteiger partial charge in [0.15, 0.2) is 5.78 Å². The number of ketones is 1. The van der Waals surface area contributed by atoms with Gasteiger partial charge in [-0.25, -0.2) is 0 Å². The van der Waals surface area contributed by atoms with Crippen LogP contribution in [-0.2, 0) is 0 Å². The average molecular weight is 306 g/mol. The van der Waals surface area contributed by atoms with Crippen LogP contribution in [0.25, 0.3) is 0 Å². The van der Waals surface area contributed by atoms with E-state index < -0.39 is 0 Å². The summed E-state index contributed by atoms with van der Waals surface area (Å²) < 4.78 is 0. The highest BCUT2D eigenvalue weighted by Crippen LogP contribution is 2.19. The van der Waals surface area contributed by atoms with Gasteiger partial charge >= 0.3 is 0 Å². The normalized spacial score (nSPS) is 10.8. The van der Waals surface area contributed by atoms with Crippen LogP contribution in [0.3, 0.4) is 0 Å². The summed E-state index contributed by atoms with van der Waals surface area (Å²) in [5.41, 5.74) is 2.44. The molecular formula is C16H13Cl2NO. The van der Waals surface area contributed by atoms with E-state index in [2.05, 4.69) is 5.32 Å². The number of hydrogen-bond donors (Lipinski definition) is 1. The van der Waals surface area contributed by atoms with Crippen LogP contribution >= 0.6 is 23.2 Å². The number of carbonyl (C=O) groups is 1. The number of halogens is 2. The largest absolute Gasteiger partial charge is 0.362 e. The van der Waals surface area contributed by atoms with Crippen LogP contribution < -0.4 is 5.32 Å². The lowest BCUT2D eigenvalue weighted by atomic mass is 10.1. The zero-order valence-corrected chi connectivity index (χ0v) is 12.4. The third-order valence-corrected chi connectivity index (χ3v) is 3.44. The van der Waals surface area contributed by atoms with E-state index in [1.54, 1.807) is 30.5 Å². The van der Waals surface area contributed by atoms with Crippen LogP contribution in [0.2, 0.25) is 10.0 Å². The Kier molecular flexibility index (Phi) is 4.83. The molecule has 0 bridgehead atoms. The van der Waals surface area contributed by atoms with Crippen molar-refractivity contribution in [2.75, 3.05) is 5.32 Å². The van der Waals surface area contributed by atoms with Crippen molar-refractivity contribution in [3.05, 3.63) is 75.9 Å². The monoisotopic (exact) mass is 305 g/mol. The highest BCUT2D eigenvalue weighted by molar-refractivity contribution is 6.31. The number of aryl methyl sites for hydroxylation is 1. The number of allylic oxidation sites excluding steroid dienone is 1. The smallest absolute Gasteiger partial charge is 0.187 e. The van der Waals surface area contributed by atoms with Gasteiger partial charge < -0.3 is 5.32 Å². The molecule has 0 aliphatic rings. The summed E-state index contributed by atoms with van der Waals surface area (Å²) in [6, 6.07) is 12.4. The van der Waals surface area contributed by atoms with Gasteiger partial charge in [-0.15, -0.1) is 0 Å². The minimum atomic E-state index is -0.0904. The van der Waals surface area contributed by atoms with E-state index in [-0.39, 0.29) is 5.78 Å². The van der Waals surface area contributed by atoms with E-state index in [1.807, 2.05) is 25.1 Å². The summed E-state index contributed by atoms with van der Waals surface area (Å²) in [6.07, 6.45) is 3.06. The molecule has 2 aromatic carbocycles. The molecule has 0 heterocycles. The number of nitrogens with one attached hydrogen (secondary N) is 1. The molecule has 2 nitrogen and oxygen atoms in total. The highest BCUT2D eigenvalue weighted by atomic mass is 35.5. The Labute approximate surface area is 128 Å². The standard InChI is InChI=1S/C16H13Cl2NO/c1-11-2-7-14(10-15(11)18)19-9-8-16(20)12-3-5-13(17)6-4-12/h2-10,19H,1H3/b9-8-. The number of rotatable bonds is 4. The summed E-state index contributed by atoms with van der Waals surface area (Å²) in [7, 11) is 0. The zero-order valence-electron chi connectivity index (χ0n) is 10.9. The molecule has 0 saturated carbocycles. The van der Waals surface area contributed by atoms with Crippen molar-refractivity contribution in [2.45, 2.75) is 6.92 Å². The Morgan fingerprint density at radius 2 is 1.80 bits per heavy atom. The van der Waals surface area contributed by atoms with Crippen LogP contribution in [0, 0.1) is 6.92 Å². The first-order chi connectivity index (χ1) is 9.56. The molecule has 2 rings (SSSR count). The van der Waals surface area contributed by atoms with Crippen molar-refractivity contribution in [3.63, 3.8) is 0 Å². The first-order valence-electron chi connectivity index (χ1n) is 6.05. The minimum absolute atomic E-state index is 0.0904. The molecule has 0 amide bonds. The molecule has 4 heteroatoms. The molecule has 102 valence electrons. The fourth-order valence-corrected chi connectivity index (χ4v) is 1.91. The van der Waals surface area contributed by atoms with E-state index in [0.717, 1.165) is 11.3 Å². The van der Waals surface area contributed by atoms with E-state index in [1.165, 1.54) is 6.08 Å². The van der Waals surface area contributed by atoms with Crippen molar-refractivity contribution in [2.24, 2.45) is 0 Å². The number of anilines is 1. The van der Waals surface area contributed by atoms with E-state index in [9.17, 15) is 4.79 Å². The lowest BCUT2D eigenvalue weighted by molar-refractivity contribution is 0.104. The van der Waals surface area contributed by atoms with Crippen molar-refractivity contribution in [1.29, 1.82) is 0 Å². The number of hydrogen-bond acceptors (Lipinski definition) is 2. The maximum atomic E-state index is 11.9. The molecule has 0 radical (unpaired) electrons. The van der Waals surface area contributed by atoms with Gasteiger partial charge in [-0.05, 0) is 48.9 Å². The molecule has 1 N–H and O–H groups in total. The van der Waals surface area contributed by atoms with E-state index in [4.69, 9.17) is 23.2 Å². The Bertz CT molecular complexity index is 648. The van der Waals surface area contributed by atoms with Gasteiger partial charge in [0.2, 0.25) is 0 Å². The van der Waals surface area contributed by atoms with E-state index in [0.29, 0.717) is 15.6 Å². The predicted molar refractivity (Wildman–Crippen MR) is 84.7 cm³/mol. The van der Waals surface area contributed by atoms with Gasteiger partial charge in [0.25, 0.3) is 0 Å². The van der Waals surface area contributed by atoms with Gasteiger partial charge in [0.1, 0.15) is 0 Å². The second-order valence-corrected chi connectivity index (χ2v) is 5.16. The third-order valence-electron chi connectivity index (χ3n) is 2.79. The van der Waals surface area contributed by atoms with Crippen LogP contribution in [0.1, 0.15) is 15.9 Å². The fourth-order valence-electron chi connectivity index (χ4n) is 1.61. The molecule has 0 aliphatic carbocycles. The van der Waals surface area contributed by atoms with Crippen molar-refractivity contribution >= 4 is 34.7 Å². The van der Waals surface area contributed by atoms with Gasteiger partial charge in [0, 0.05) is 33.6 Å². The highest BCUT2D eigenvalue weighted by Gasteiger charge is 2.01.